The molecule has 118 valence electrons. The minimum atomic E-state index is -0.632. The number of nitrogens with zero attached hydrogens (tertiary/aromatic N) is 2. The number of esters is 1. The van der Waals surface area contributed by atoms with Crippen LogP contribution < -0.4 is 0 Å². The van der Waals surface area contributed by atoms with Gasteiger partial charge in [-0.15, -0.1) is 0 Å². The molecular weight excluding hydrogens is 288 g/mol. The molecular formula is C15H18N2O5. The Morgan fingerprint density at radius 3 is 2.77 bits per heavy atom. The van der Waals surface area contributed by atoms with Crippen molar-refractivity contribution in [3.63, 3.8) is 0 Å². The van der Waals surface area contributed by atoms with E-state index >= 15 is 0 Å². The summed E-state index contributed by atoms with van der Waals surface area (Å²) in [5, 5.41) is 11.1. The van der Waals surface area contributed by atoms with Gasteiger partial charge in [0.2, 0.25) is 5.91 Å². The van der Waals surface area contributed by atoms with Crippen molar-refractivity contribution in [2.24, 2.45) is 0 Å². The molecule has 0 bridgehead atoms. The summed E-state index contributed by atoms with van der Waals surface area (Å²) in [5.41, 5.74) is 1.19. The largest absolute Gasteiger partial charge is 0.467 e. The van der Waals surface area contributed by atoms with Crippen molar-refractivity contribution in [2.75, 3.05) is 7.11 Å². The van der Waals surface area contributed by atoms with Crippen LogP contribution in [0.5, 0.6) is 0 Å². The fraction of sp³-hybridized carbons (Fsp3) is 0.467. The van der Waals surface area contributed by atoms with Crippen molar-refractivity contribution in [3.8, 4) is 0 Å². The fourth-order valence-corrected chi connectivity index (χ4v) is 2.80. The van der Waals surface area contributed by atoms with Gasteiger partial charge in [-0.1, -0.05) is 12.1 Å². The highest BCUT2D eigenvalue weighted by Gasteiger charge is 2.40. The summed E-state index contributed by atoms with van der Waals surface area (Å²) in [6.45, 7) is 3.42. The number of methoxy groups -OCH3 is 1. The quantitative estimate of drug-likeness (QED) is 0.483. The Balaban J connectivity index is 2.35. The molecule has 2 unspecified atom stereocenters. The first-order chi connectivity index (χ1) is 10.4. The molecule has 0 aromatic heterocycles. The summed E-state index contributed by atoms with van der Waals surface area (Å²) in [4.78, 5) is 36.0. The Labute approximate surface area is 128 Å². The Kier molecular flexibility index (Phi) is 4.44. The van der Waals surface area contributed by atoms with Crippen LogP contribution in [0.4, 0.5) is 5.69 Å². The number of carbonyl (C=O) groups excluding carboxylic acids is 2. The first-order valence-corrected chi connectivity index (χ1v) is 7.00. The zero-order valence-electron chi connectivity index (χ0n) is 12.7. The van der Waals surface area contributed by atoms with Gasteiger partial charge in [-0.3, -0.25) is 14.9 Å². The molecule has 0 radical (unpaired) electrons. The molecule has 1 aliphatic rings. The van der Waals surface area contributed by atoms with Crippen molar-refractivity contribution in [1.29, 1.82) is 0 Å². The van der Waals surface area contributed by atoms with Crippen LogP contribution in [0.3, 0.4) is 0 Å². The summed E-state index contributed by atoms with van der Waals surface area (Å²) >= 11 is 0. The predicted molar refractivity (Wildman–Crippen MR) is 78.1 cm³/mol. The molecule has 7 nitrogen and oxygen atoms in total. The average Bonchev–Trinajstić information content (AvgIpc) is 2.87. The maximum absolute atomic E-state index is 12.1. The first-order valence-electron chi connectivity index (χ1n) is 7.00. The van der Waals surface area contributed by atoms with Crippen molar-refractivity contribution in [1.82, 2.24) is 4.90 Å². The normalized spacial score (nSPS) is 19.1. The smallest absolute Gasteiger partial charge is 0.328 e. The molecule has 2 rings (SSSR count). The van der Waals surface area contributed by atoms with Crippen molar-refractivity contribution in [2.45, 2.75) is 38.8 Å². The second-order valence-electron chi connectivity index (χ2n) is 5.36. The molecule has 2 atom stereocenters. The topological polar surface area (TPSA) is 89.8 Å². The van der Waals surface area contributed by atoms with E-state index in [1.807, 2.05) is 0 Å². The summed E-state index contributed by atoms with van der Waals surface area (Å²) in [6.07, 6.45) is 0.682. The second kappa shape index (κ2) is 6.13. The number of nitro benzene ring substituents is 1. The van der Waals surface area contributed by atoms with Gasteiger partial charge in [0.25, 0.3) is 5.69 Å². The number of carbonyl (C=O) groups is 2. The highest BCUT2D eigenvalue weighted by molar-refractivity contribution is 5.88. The van der Waals surface area contributed by atoms with Crippen LogP contribution in [-0.2, 0) is 14.3 Å². The molecule has 1 aromatic rings. The minimum absolute atomic E-state index is 0.00520. The van der Waals surface area contributed by atoms with E-state index in [9.17, 15) is 19.7 Å². The summed E-state index contributed by atoms with van der Waals surface area (Å²) in [5.74, 6) is -0.606. The zero-order valence-corrected chi connectivity index (χ0v) is 12.7. The fourth-order valence-electron chi connectivity index (χ4n) is 2.80. The lowest BCUT2D eigenvalue weighted by molar-refractivity contribution is -0.385. The van der Waals surface area contributed by atoms with E-state index in [0.29, 0.717) is 17.5 Å². The summed E-state index contributed by atoms with van der Waals surface area (Å²) in [7, 11) is 1.28. The average molecular weight is 306 g/mol. The van der Waals surface area contributed by atoms with E-state index in [2.05, 4.69) is 0 Å². The van der Waals surface area contributed by atoms with Crippen molar-refractivity contribution < 1.29 is 19.2 Å². The van der Waals surface area contributed by atoms with Gasteiger partial charge >= 0.3 is 5.97 Å². The number of rotatable bonds is 4. The Bertz CT molecular complexity index is 628. The predicted octanol–water partition coefficient (Wildman–Crippen LogP) is 2.13. The minimum Gasteiger partial charge on any atom is -0.467 e. The maximum Gasteiger partial charge on any atom is 0.328 e. The molecule has 0 N–H and O–H groups in total. The standard InChI is InChI=1S/C15H18N2O5/c1-9-4-5-11(8-13(9)17(20)21)10(2)16-12(15(19)22-3)6-7-14(16)18/h4-5,8,10,12H,6-7H2,1-3H3. The Morgan fingerprint density at radius 1 is 1.50 bits per heavy atom. The molecule has 7 heteroatoms. The third kappa shape index (κ3) is 2.79. The van der Waals surface area contributed by atoms with E-state index in [-0.39, 0.29) is 18.0 Å². The van der Waals surface area contributed by atoms with Crippen LogP contribution in [0.1, 0.15) is 36.9 Å². The van der Waals surface area contributed by atoms with Crippen molar-refractivity contribution >= 4 is 17.6 Å². The molecule has 0 aliphatic carbocycles. The van der Waals surface area contributed by atoms with Gasteiger partial charge in [0, 0.05) is 18.1 Å². The monoisotopic (exact) mass is 306 g/mol. The third-order valence-electron chi connectivity index (χ3n) is 4.06. The van der Waals surface area contributed by atoms with Gasteiger partial charge in [-0.2, -0.15) is 0 Å². The molecule has 1 fully saturated rings. The van der Waals surface area contributed by atoms with Gasteiger partial charge in [0.1, 0.15) is 6.04 Å². The number of likely N-dealkylation sites (tertiary alicyclic amines) is 1. The van der Waals surface area contributed by atoms with Gasteiger partial charge < -0.3 is 9.64 Å². The van der Waals surface area contributed by atoms with Crippen LogP contribution in [0.2, 0.25) is 0 Å². The Morgan fingerprint density at radius 2 is 2.18 bits per heavy atom. The molecule has 1 aliphatic heterocycles. The van der Waals surface area contributed by atoms with Crippen LogP contribution >= 0.6 is 0 Å². The number of ether oxygens (including phenoxy) is 1. The number of nitro groups is 1. The molecule has 1 saturated heterocycles. The number of hydrogen-bond acceptors (Lipinski definition) is 5. The van der Waals surface area contributed by atoms with Crippen LogP contribution in [-0.4, -0.2) is 34.9 Å². The number of benzene rings is 1. The molecule has 22 heavy (non-hydrogen) atoms. The van der Waals surface area contributed by atoms with Crippen LogP contribution in [0, 0.1) is 17.0 Å². The van der Waals surface area contributed by atoms with Gasteiger partial charge in [-0.05, 0) is 25.8 Å². The maximum atomic E-state index is 12.1. The zero-order chi connectivity index (χ0) is 16.4. The van der Waals surface area contributed by atoms with E-state index in [0.717, 1.165) is 0 Å². The number of aryl methyl sites for hydroxylation is 1. The Hall–Kier alpha value is -2.44. The summed E-state index contributed by atoms with van der Waals surface area (Å²) in [6, 6.07) is 3.79. The summed E-state index contributed by atoms with van der Waals surface area (Å²) < 4.78 is 4.74. The number of hydrogen-bond donors (Lipinski definition) is 0. The number of amides is 1. The van der Waals surface area contributed by atoms with Gasteiger partial charge in [0.15, 0.2) is 0 Å². The van der Waals surface area contributed by atoms with E-state index in [1.54, 1.807) is 26.0 Å². The van der Waals surface area contributed by atoms with E-state index in [4.69, 9.17) is 4.74 Å². The van der Waals surface area contributed by atoms with Crippen LogP contribution in [0.25, 0.3) is 0 Å². The third-order valence-corrected chi connectivity index (χ3v) is 4.06. The SMILES string of the molecule is COC(=O)C1CCC(=O)N1C(C)c1ccc(C)c([N+](=O)[O-])c1. The van der Waals surface area contributed by atoms with Crippen LogP contribution in [0.15, 0.2) is 18.2 Å². The van der Waals surface area contributed by atoms with E-state index in [1.165, 1.54) is 18.1 Å². The highest BCUT2D eigenvalue weighted by atomic mass is 16.6. The lowest BCUT2D eigenvalue weighted by Gasteiger charge is -2.29. The lowest BCUT2D eigenvalue weighted by Crippen LogP contribution is -2.40. The van der Waals surface area contributed by atoms with Crippen molar-refractivity contribution in [3.05, 3.63) is 39.4 Å². The van der Waals surface area contributed by atoms with E-state index < -0.39 is 23.0 Å². The van der Waals surface area contributed by atoms with Gasteiger partial charge in [0.05, 0.1) is 18.1 Å². The second-order valence-corrected chi connectivity index (χ2v) is 5.36. The molecule has 1 heterocycles. The molecule has 1 amide bonds. The highest BCUT2D eigenvalue weighted by Crippen LogP contribution is 2.32. The van der Waals surface area contributed by atoms with Gasteiger partial charge in [-0.25, -0.2) is 4.79 Å². The molecule has 1 aromatic carbocycles. The molecule has 0 spiro atoms. The lowest BCUT2D eigenvalue weighted by atomic mass is 10.0. The first kappa shape index (κ1) is 15.9. The molecule has 0 saturated carbocycles.